The summed E-state index contributed by atoms with van der Waals surface area (Å²) >= 11 is 0. The molecule has 2 atom stereocenters. The number of likely N-dealkylation sites (N-methyl/N-ethyl adjacent to an activating group) is 1. The van der Waals surface area contributed by atoms with Crippen molar-refractivity contribution in [2.45, 2.75) is 53.2 Å². The van der Waals surface area contributed by atoms with Crippen LogP contribution in [0.4, 0.5) is 0 Å². The van der Waals surface area contributed by atoms with Crippen LogP contribution in [0.15, 0.2) is 0 Å². The molecular formula is C14H29N3O. The monoisotopic (exact) mass is 255 g/mol. The van der Waals surface area contributed by atoms with Crippen LogP contribution in [0, 0.1) is 5.92 Å². The SMILES string of the molecule is CCCN(CC)CCN1C(=O)C(C)NC1C(C)C. The van der Waals surface area contributed by atoms with Crippen molar-refractivity contribution in [2.24, 2.45) is 5.92 Å². The van der Waals surface area contributed by atoms with Crippen LogP contribution in [-0.4, -0.2) is 54.1 Å². The van der Waals surface area contributed by atoms with Crippen LogP contribution in [0.3, 0.4) is 0 Å². The Labute approximate surface area is 112 Å². The smallest absolute Gasteiger partial charge is 0.240 e. The van der Waals surface area contributed by atoms with Gasteiger partial charge in [-0.05, 0) is 32.4 Å². The average Bonchev–Trinajstić information content (AvgIpc) is 2.62. The van der Waals surface area contributed by atoms with Gasteiger partial charge in [-0.3, -0.25) is 10.1 Å². The highest BCUT2D eigenvalue weighted by Crippen LogP contribution is 2.17. The normalized spacial score (nSPS) is 24.6. The molecule has 1 saturated heterocycles. The molecule has 4 heteroatoms. The van der Waals surface area contributed by atoms with E-state index in [2.05, 4.69) is 37.9 Å². The van der Waals surface area contributed by atoms with E-state index >= 15 is 0 Å². The van der Waals surface area contributed by atoms with E-state index in [9.17, 15) is 4.79 Å². The third-order valence-electron chi connectivity index (χ3n) is 3.69. The Balaban J connectivity index is 2.54. The summed E-state index contributed by atoms with van der Waals surface area (Å²) in [5.74, 6) is 0.710. The Hall–Kier alpha value is -0.610. The summed E-state index contributed by atoms with van der Waals surface area (Å²) in [5.41, 5.74) is 0. The zero-order valence-corrected chi connectivity index (χ0v) is 12.6. The van der Waals surface area contributed by atoms with Crippen molar-refractivity contribution < 1.29 is 4.79 Å². The van der Waals surface area contributed by atoms with Crippen molar-refractivity contribution in [3.63, 3.8) is 0 Å². The molecule has 18 heavy (non-hydrogen) atoms. The van der Waals surface area contributed by atoms with Crippen LogP contribution in [0.2, 0.25) is 0 Å². The molecule has 1 amide bonds. The second kappa shape index (κ2) is 7.10. The zero-order valence-electron chi connectivity index (χ0n) is 12.6. The average molecular weight is 255 g/mol. The predicted octanol–water partition coefficient (Wildman–Crippen LogP) is 1.52. The van der Waals surface area contributed by atoms with Crippen molar-refractivity contribution in [1.29, 1.82) is 0 Å². The van der Waals surface area contributed by atoms with E-state index in [-0.39, 0.29) is 18.1 Å². The van der Waals surface area contributed by atoms with Gasteiger partial charge in [-0.15, -0.1) is 0 Å². The first-order valence-corrected chi connectivity index (χ1v) is 7.30. The highest BCUT2D eigenvalue weighted by molar-refractivity contribution is 5.83. The minimum atomic E-state index is -0.0290. The highest BCUT2D eigenvalue weighted by Gasteiger charge is 2.37. The van der Waals surface area contributed by atoms with E-state index in [1.807, 2.05) is 11.8 Å². The molecule has 0 saturated carbocycles. The lowest BCUT2D eigenvalue weighted by atomic mass is 10.1. The van der Waals surface area contributed by atoms with Gasteiger partial charge in [0.15, 0.2) is 0 Å². The van der Waals surface area contributed by atoms with Crippen LogP contribution >= 0.6 is 0 Å². The second-order valence-corrected chi connectivity index (χ2v) is 5.54. The lowest BCUT2D eigenvalue weighted by molar-refractivity contribution is -0.130. The van der Waals surface area contributed by atoms with Gasteiger partial charge in [0.25, 0.3) is 0 Å². The molecule has 2 unspecified atom stereocenters. The second-order valence-electron chi connectivity index (χ2n) is 5.54. The molecule has 0 aromatic heterocycles. The first-order chi connectivity index (χ1) is 8.51. The number of rotatable bonds is 7. The van der Waals surface area contributed by atoms with Gasteiger partial charge in [0, 0.05) is 13.1 Å². The van der Waals surface area contributed by atoms with E-state index < -0.39 is 0 Å². The number of nitrogens with one attached hydrogen (secondary N) is 1. The van der Waals surface area contributed by atoms with Crippen LogP contribution in [0.5, 0.6) is 0 Å². The number of carbonyl (C=O) groups is 1. The summed E-state index contributed by atoms with van der Waals surface area (Å²) in [7, 11) is 0. The van der Waals surface area contributed by atoms with Crippen molar-refractivity contribution in [2.75, 3.05) is 26.2 Å². The molecule has 0 spiro atoms. The van der Waals surface area contributed by atoms with Gasteiger partial charge in [0.05, 0.1) is 12.2 Å². The summed E-state index contributed by atoms with van der Waals surface area (Å²) in [6, 6.07) is -0.0290. The maximum Gasteiger partial charge on any atom is 0.240 e. The minimum absolute atomic E-state index is 0.0290. The van der Waals surface area contributed by atoms with Gasteiger partial charge in [-0.1, -0.05) is 27.7 Å². The maximum absolute atomic E-state index is 12.1. The Kier molecular flexibility index (Phi) is 6.09. The minimum Gasteiger partial charge on any atom is -0.324 e. The first kappa shape index (κ1) is 15.4. The molecular weight excluding hydrogens is 226 g/mol. The largest absolute Gasteiger partial charge is 0.324 e. The Bertz CT molecular complexity index is 268. The fraction of sp³-hybridized carbons (Fsp3) is 0.929. The molecule has 106 valence electrons. The van der Waals surface area contributed by atoms with Crippen LogP contribution < -0.4 is 5.32 Å². The van der Waals surface area contributed by atoms with Gasteiger partial charge in [-0.25, -0.2) is 0 Å². The summed E-state index contributed by atoms with van der Waals surface area (Å²) in [6.45, 7) is 14.7. The van der Waals surface area contributed by atoms with E-state index in [0.29, 0.717) is 5.92 Å². The van der Waals surface area contributed by atoms with Crippen molar-refractivity contribution in [3.8, 4) is 0 Å². The standard InChI is InChI=1S/C14H29N3O/c1-6-8-16(7-2)9-10-17-13(11(3)4)15-12(5)14(17)18/h11-13,15H,6-10H2,1-5H3. The topological polar surface area (TPSA) is 35.6 Å². The number of amides is 1. The molecule has 0 radical (unpaired) electrons. The van der Waals surface area contributed by atoms with Crippen molar-refractivity contribution in [1.82, 2.24) is 15.1 Å². The zero-order chi connectivity index (χ0) is 13.7. The summed E-state index contributed by atoms with van der Waals surface area (Å²) < 4.78 is 0. The Morgan fingerprint density at radius 2 is 2.00 bits per heavy atom. The van der Waals surface area contributed by atoms with Gasteiger partial charge in [0.1, 0.15) is 0 Å². The van der Waals surface area contributed by atoms with E-state index in [1.54, 1.807) is 0 Å². The number of hydrogen-bond acceptors (Lipinski definition) is 3. The summed E-state index contributed by atoms with van der Waals surface area (Å²) in [6.07, 6.45) is 1.37. The summed E-state index contributed by atoms with van der Waals surface area (Å²) in [5, 5.41) is 3.38. The number of carbonyl (C=O) groups excluding carboxylic acids is 1. The van der Waals surface area contributed by atoms with E-state index in [0.717, 1.165) is 26.2 Å². The Morgan fingerprint density at radius 1 is 1.33 bits per heavy atom. The fourth-order valence-electron chi connectivity index (χ4n) is 2.60. The van der Waals surface area contributed by atoms with Crippen LogP contribution in [0.1, 0.15) is 41.0 Å². The molecule has 1 aliphatic heterocycles. The number of nitrogens with zero attached hydrogens (tertiary/aromatic N) is 2. The van der Waals surface area contributed by atoms with Gasteiger partial charge >= 0.3 is 0 Å². The van der Waals surface area contributed by atoms with Crippen molar-refractivity contribution >= 4 is 5.91 Å². The molecule has 1 heterocycles. The van der Waals surface area contributed by atoms with Crippen LogP contribution in [-0.2, 0) is 4.79 Å². The van der Waals surface area contributed by atoms with Crippen LogP contribution in [0.25, 0.3) is 0 Å². The van der Waals surface area contributed by atoms with Crippen molar-refractivity contribution in [3.05, 3.63) is 0 Å². The maximum atomic E-state index is 12.1. The van der Waals surface area contributed by atoms with E-state index in [4.69, 9.17) is 0 Å². The highest BCUT2D eigenvalue weighted by atomic mass is 16.2. The lowest BCUT2D eigenvalue weighted by Gasteiger charge is -2.30. The van der Waals surface area contributed by atoms with Gasteiger partial charge < -0.3 is 9.80 Å². The molecule has 1 aliphatic rings. The lowest BCUT2D eigenvalue weighted by Crippen LogP contribution is -2.45. The molecule has 0 aromatic carbocycles. The predicted molar refractivity (Wildman–Crippen MR) is 75.3 cm³/mol. The fourth-order valence-corrected chi connectivity index (χ4v) is 2.60. The molecule has 1 rings (SSSR count). The third kappa shape index (κ3) is 3.69. The number of hydrogen-bond donors (Lipinski definition) is 1. The first-order valence-electron chi connectivity index (χ1n) is 7.30. The molecule has 0 aliphatic carbocycles. The van der Waals surface area contributed by atoms with Gasteiger partial charge in [0.2, 0.25) is 5.91 Å². The third-order valence-corrected chi connectivity index (χ3v) is 3.69. The summed E-state index contributed by atoms with van der Waals surface area (Å²) in [4.78, 5) is 16.6. The quantitative estimate of drug-likeness (QED) is 0.749. The molecule has 1 fully saturated rings. The Morgan fingerprint density at radius 3 is 2.50 bits per heavy atom. The molecule has 0 bridgehead atoms. The molecule has 4 nitrogen and oxygen atoms in total. The van der Waals surface area contributed by atoms with Gasteiger partial charge in [-0.2, -0.15) is 0 Å². The molecule has 1 N–H and O–H groups in total. The molecule has 0 aromatic rings. The van der Waals surface area contributed by atoms with E-state index in [1.165, 1.54) is 6.42 Å².